The summed E-state index contributed by atoms with van der Waals surface area (Å²) < 4.78 is 40.0. The van der Waals surface area contributed by atoms with Gasteiger partial charge in [0.05, 0.1) is 0 Å². The van der Waals surface area contributed by atoms with E-state index >= 15 is 0 Å². The topological polar surface area (TPSA) is 70.2 Å². The Morgan fingerprint density at radius 3 is 2.53 bits per heavy atom. The lowest BCUT2D eigenvalue weighted by Crippen LogP contribution is -2.27. The highest BCUT2D eigenvalue weighted by molar-refractivity contribution is 5.78. The van der Waals surface area contributed by atoms with Gasteiger partial charge in [0.2, 0.25) is 11.9 Å². The van der Waals surface area contributed by atoms with Crippen LogP contribution < -0.4 is 10.6 Å². The first kappa shape index (κ1) is 21.9. The molecule has 0 bridgehead atoms. The number of carbonyl (C=O) groups is 1. The number of hydrogen-bond donors (Lipinski definition) is 2. The van der Waals surface area contributed by atoms with E-state index in [4.69, 9.17) is 0 Å². The zero-order chi connectivity index (χ0) is 21.7. The molecule has 1 amide bonds. The van der Waals surface area contributed by atoms with Crippen molar-refractivity contribution in [1.29, 1.82) is 0 Å². The van der Waals surface area contributed by atoms with E-state index in [1.807, 2.05) is 24.3 Å². The highest BCUT2D eigenvalue weighted by Gasteiger charge is 2.35. The minimum Gasteiger partial charge on any atom is -0.369 e. The van der Waals surface area contributed by atoms with Crippen molar-refractivity contribution in [1.82, 2.24) is 14.9 Å². The lowest BCUT2D eigenvalue weighted by molar-refractivity contribution is -0.137. The zero-order valence-electron chi connectivity index (χ0n) is 17.1. The SMILES string of the molecule is CC(C)c1ccc(Nc2ncc(C(F)(F)F)c(NCCCN3CCCC3=O)n2)cc1. The van der Waals surface area contributed by atoms with Gasteiger partial charge in [0.25, 0.3) is 0 Å². The molecule has 1 aromatic carbocycles. The quantitative estimate of drug-likeness (QED) is 0.600. The molecule has 3 rings (SSSR count). The average molecular weight is 421 g/mol. The molecule has 1 aromatic heterocycles. The Morgan fingerprint density at radius 1 is 1.20 bits per heavy atom. The Balaban J connectivity index is 1.67. The minimum absolute atomic E-state index is 0.0810. The average Bonchev–Trinajstić information content (AvgIpc) is 3.10. The van der Waals surface area contributed by atoms with Gasteiger partial charge < -0.3 is 15.5 Å². The minimum atomic E-state index is -4.56. The Hall–Kier alpha value is -2.84. The number of anilines is 3. The third-order valence-corrected chi connectivity index (χ3v) is 5.00. The lowest BCUT2D eigenvalue weighted by atomic mass is 10.0. The van der Waals surface area contributed by atoms with Crippen LogP contribution in [0.4, 0.5) is 30.6 Å². The lowest BCUT2D eigenvalue weighted by Gasteiger charge is -2.17. The smallest absolute Gasteiger partial charge is 0.369 e. The van der Waals surface area contributed by atoms with Crippen LogP contribution in [0.2, 0.25) is 0 Å². The van der Waals surface area contributed by atoms with E-state index in [0.717, 1.165) is 18.2 Å². The van der Waals surface area contributed by atoms with Crippen molar-refractivity contribution in [3.05, 3.63) is 41.6 Å². The molecule has 0 spiro atoms. The number of halogens is 3. The number of amides is 1. The van der Waals surface area contributed by atoms with Gasteiger partial charge in [0.1, 0.15) is 11.4 Å². The number of likely N-dealkylation sites (tertiary alicyclic amines) is 1. The third-order valence-electron chi connectivity index (χ3n) is 5.00. The van der Waals surface area contributed by atoms with E-state index in [0.29, 0.717) is 37.5 Å². The number of alkyl halides is 3. The van der Waals surface area contributed by atoms with Gasteiger partial charge >= 0.3 is 6.18 Å². The molecule has 0 saturated carbocycles. The van der Waals surface area contributed by atoms with Gasteiger partial charge in [0, 0.05) is 37.9 Å². The molecule has 0 aliphatic carbocycles. The van der Waals surface area contributed by atoms with Gasteiger partial charge in [-0.1, -0.05) is 26.0 Å². The summed E-state index contributed by atoms with van der Waals surface area (Å²) in [6.45, 7) is 5.67. The fraction of sp³-hybridized carbons (Fsp3) is 0.476. The van der Waals surface area contributed by atoms with Crippen molar-refractivity contribution in [3.8, 4) is 0 Å². The van der Waals surface area contributed by atoms with Gasteiger partial charge in [-0.25, -0.2) is 4.98 Å². The summed E-state index contributed by atoms with van der Waals surface area (Å²) in [7, 11) is 0. The number of carbonyl (C=O) groups excluding carboxylic acids is 1. The summed E-state index contributed by atoms with van der Waals surface area (Å²) in [5, 5.41) is 5.71. The fourth-order valence-electron chi connectivity index (χ4n) is 3.28. The predicted octanol–water partition coefficient (Wildman–Crippen LogP) is 4.79. The third kappa shape index (κ3) is 5.61. The van der Waals surface area contributed by atoms with Crippen molar-refractivity contribution in [2.75, 3.05) is 30.3 Å². The second-order valence-corrected chi connectivity index (χ2v) is 7.62. The van der Waals surface area contributed by atoms with E-state index in [1.54, 1.807) is 4.90 Å². The highest BCUT2D eigenvalue weighted by atomic mass is 19.4. The summed E-state index contributed by atoms with van der Waals surface area (Å²) in [6.07, 6.45) is -1.87. The van der Waals surface area contributed by atoms with Gasteiger partial charge in [-0.15, -0.1) is 0 Å². The monoisotopic (exact) mass is 421 g/mol. The van der Waals surface area contributed by atoms with Crippen LogP contribution in [0.5, 0.6) is 0 Å². The van der Waals surface area contributed by atoms with Crippen LogP contribution >= 0.6 is 0 Å². The molecule has 2 aromatic rings. The van der Waals surface area contributed by atoms with Gasteiger partial charge in [0.15, 0.2) is 0 Å². The van der Waals surface area contributed by atoms with Crippen LogP contribution in [0.25, 0.3) is 0 Å². The summed E-state index contributed by atoms with van der Waals surface area (Å²) in [4.78, 5) is 21.2. The van der Waals surface area contributed by atoms with Crippen LogP contribution in [0, 0.1) is 0 Å². The molecule has 1 fully saturated rings. The van der Waals surface area contributed by atoms with Gasteiger partial charge in [-0.2, -0.15) is 18.2 Å². The first-order valence-electron chi connectivity index (χ1n) is 10.1. The number of aromatic nitrogens is 2. The largest absolute Gasteiger partial charge is 0.421 e. The Bertz CT molecular complexity index is 868. The van der Waals surface area contributed by atoms with E-state index in [9.17, 15) is 18.0 Å². The Morgan fingerprint density at radius 2 is 1.93 bits per heavy atom. The standard InChI is InChI=1S/C21H26F3N5O/c1-14(2)15-6-8-16(9-7-15)27-20-26-13-17(21(22,23)24)19(28-20)25-10-4-12-29-11-3-5-18(29)30/h6-9,13-14H,3-5,10-12H2,1-2H3,(H2,25,26,27,28). The van der Waals surface area contributed by atoms with Gasteiger partial charge in [-0.3, -0.25) is 4.79 Å². The molecule has 1 aliphatic rings. The van der Waals surface area contributed by atoms with Crippen molar-refractivity contribution in [3.63, 3.8) is 0 Å². The first-order valence-corrected chi connectivity index (χ1v) is 10.1. The second-order valence-electron chi connectivity index (χ2n) is 7.62. The van der Waals surface area contributed by atoms with Crippen LogP contribution in [-0.4, -0.2) is 40.4 Å². The number of rotatable bonds is 8. The van der Waals surface area contributed by atoms with Crippen LogP contribution in [0.3, 0.4) is 0 Å². The van der Waals surface area contributed by atoms with Crippen molar-refractivity contribution >= 4 is 23.4 Å². The molecule has 0 radical (unpaired) electrons. The molecule has 2 heterocycles. The molecular formula is C21H26F3N5O. The maximum Gasteiger partial charge on any atom is 0.421 e. The maximum absolute atomic E-state index is 13.3. The van der Waals surface area contributed by atoms with Crippen LogP contribution in [0.15, 0.2) is 30.5 Å². The number of benzene rings is 1. The van der Waals surface area contributed by atoms with Crippen molar-refractivity contribution in [2.45, 2.75) is 45.2 Å². The summed E-state index contributed by atoms with van der Waals surface area (Å²) in [5.41, 5.74) is 0.936. The maximum atomic E-state index is 13.3. The van der Waals surface area contributed by atoms with Crippen molar-refractivity contribution in [2.24, 2.45) is 0 Å². The number of nitrogens with zero attached hydrogens (tertiary/aromatic N) is 3. The number of nitrogens with one attached hydrogen (secondary N) is 2. The van der Waals surface area contributed by atoms with Gasteiger partial charge in [-0.05, 0) is 36.5 Å². The van der Waals surface area contributed by atoms with Crippen LogP contribution in [0.1, 0.15) is 50.2 Å². The molecule has 9 heteroatoms. The molecule has 162 valence electrons. The summed E-state index contributed by atoms with van der Waals surface area (Å²) in [6, 6.07) is 7.60. The molecule has 2 N–H and O–H groups in total. The molecule has 0 atom stereocenters. The van der Waals surface area contributed by atoms with Crippen LogP contribution in [-0.2, 0) is 11.0 Å². The Labute approximate surface area is 173 Å². The molecule has 1 aliphatic heterocycles. The highest BCUT2D eigenvalue weighted by Crippen LogP contribution is 2.34. The predicted molar refractivity (Wildman–Crippen MR) is 110 cm³/mol. The van der Waals surface area contributed by atoms with E-state index in [-0.39, 0.29) is 24.2 Å². The van der Waals surface area contributed by atoms with E-state index in [1.165, 1.54) is 0 Å². The fourth-order valence-corrected chi connectivity index (χ4v) is 3.28. The summed E-state index contributed by atoms with van der Waals surface area (Å²) in [5.74, 6) is 0.292. The zero-order valence-corrected chi connectivity index (χ0v) is 17.1. The van der Waals surface area contributed by atoms with E-state index < -0.39 is 11.7 Å². The Kier molecular flexibility index (Phi) is 6.79. The molecule has 6 nitrogen and oxygen atoms in total. The first-order chi connectivity index (χ1) is 14.2. The second kappa shape index (κ2) is 9.32. The van der Waals surface area contributed by atoms with Crippen molar-refractivity contribution < 1.29 is 18.0 Å². The summed E-state index contributed by atoms with van der Waals surface area (Å²) >= 11 is 0. The molecular weight excluding hydrogens is 395 g/mol. The molecule has 1 saturated heterocycles. The number of hydrogen-bond acceptors (Lipinski definition) is 5. The molecule has 0 unspecified atom stereocenters. The molecule has 30 heavy (non-hydrogen) atoms. The normalized spacial score (nSPS) is 14.5. The van der Waals surface area contributed by atoms with E-state index in [2.05, 4.69) is 34.4 Å².